The minimum absolute atomic E-state index is 0.293. The Balaban J connectivity index is 1.96. The molecule has 1 fully saturated rings. The maximum absolute atomic E-state index is 12.3. The Morgan fingerprint density at radius 1 is 1.50 bits per heavy atom. The predicted octanol–water partition coefficient (Wildman–Crippen LogP) is 2.41. The lowest BCUT2D eigenvalue weighted by atomic mass is 10.0. The van der Waals surface area contributed by atoms with Gasteiger partial charge in [0.25, 0.3) is 0 Å². The zero-order chi connectivity index (χ0) is 13.0. The topological polar surface area (TPSA) is 41.6 Å². The van der Waals surface area contributed by atoms with Crippen LogP contribution >= 0.6 is 0 Å². The van der Waals surface area contributed by atoms with E-state index in [-0.39, 0.29) is 0 Å². The summed E-state index contributed by atoms with van der Waals surface area (Å²) in [4.78, 5) is 6.55. The van der Waals surface area contributed by atoms with Crippen molar-refractivity contribution in [3.05, 3.63) is 42.1 Å². The normalized spacial score (nSPS) is 19.0. The first-order valence-electron chi connectivity index (χ1n) is 6.08. The Hall–Kier alpha value is -1.68. The highest BCUT2D eigenvalue weighted by Gasteiger charge is 2.26. The van der Waals surface area contributed by atoms with Gasteiger partial charge in [-0.25, -0.2) is 4.39 Å². The Morgan fingerprint density at radius 3 is 2.72 bits per heavy atom. The van der Waals surface area contributed by atoms with E-state index in [9.17, 15) is 4.39 Å². The van der Waals surface area contributed by atoms with Crippen LogP contribution in [-0.4, -0.2) is 30.2 Å². The molecule has 1 aromatic rings. The molecule has 0 spiro atoms. The molecule has 2 rings (SSSR count). The van der Waals surface area contributed by atoms with Gasteiger partial charge in [0, 0.05) is 25.0 Å². The number of alkyl halides is 1. The van der Waals surface area contributed by atoms with Crippen molar-refractivity contribution in [3.8, 4) is 0 Å². The fraction of sp³-hybridized carbons (Fsp3) is 0.357. The van der Waals surface area contributed by atoms with Gasteiger partial charge in [-0.15, -0.1) is 0 Å². The lowest BCUT2D eigenvalue weighted by Crippen LogP contribution is -2.48. The molecule has 0 bridgehead atoms. The number of likely N-dealkylation sites (tertiary alicyclic amines) is 1. The van der Waals surface area contributed by atoms with Crippen LogP contribution < -0.4 is 5.73 Å². The number of halogens is 1. The Kier molecular flexibility index (Phi) is 4.10. The average Bonchev–Trinajstić information content (AvgIpc) is 2.38. The van der Waals surface area contributed by atoms with Crippen LogP contribution in [0.4, 0.5) is 10.1 Å². The molecular formula is C14H18FN3. The molecule has 1 aromatic carbocycles. The third-order valence-corrected chi connectivity index (χ3v) is 3.19. The minimum Gasteiger partial charge on any atom is -0.366 e. The molecule has 96 valence electrons. The molecule has 1 heterocycles. The van der Waals surface area contributed by atoms with E-state index in [4.69, 9.17) is 5.73 Å². The molecule has 1 aliphatic rings. The molecule has 18 heavy (non-hydrogen) atoms. The molecule has 1 aliphatic heterocycles. The third kappa shape index (κ3) is 2.76. The number of nitrogens with two attached hydrogens (primary N) is 1. The summed E-state index contributed by atoms with van der Waals surface area (Å²) in [5.74, 6) is 0. The highest BCUT2D eigenvalue weighted by atomic mass is 19.1. The summed E-state index contributed by atoms with van der Waals surface area (Å²) in [5.41, 5.74) is 8.03. The van der Waals surface area contributed by atoms with E-state index >= 15 is 0 Å². The molecule has 0 saturated carbocycles. The molecule has 2 N–H and O–H groups in total. The standard InChI is InChI=1S/C14H18FN3/c1-11(9-16)18-7-6-14(18)10-17-13-4-2-12(8-15)3-5-13/h2-5,10,14H,1,6-9,16H2. The molecule has 0 aliphatic carbocycles. The Labute approximate surface area is 107 Å². The van der Waals surface area contributed by atoms with Gasteiger partial charge in [-0.05, 0) is 24.1 Å². The van der Waals surface area contributed by atoms with E-state index in [1.54, 1.807) is 12.1 Å². The zero-order valence-electron chi connectivity index (χ0n) is 10.3. The molecule has 3 nitrogen and oxygen atoms in total. The fourth-order valence-electron chi connectivity index (χ4n) is 1.92. The lowest BCUT2D eigenvalue weighted by molar-refractivity contribution is 0.193. The number of rotatable bonds is 5. The fourth-order valence-corrected chi connectivity index (χ4v) is 1.92. The van der Waals surface area contributed by atoms with Crippen molar-refractivity contribution in [2.75, 3.05) is 13.1 Å². The van der Waals surface area contributed by atoms with Crippen LogP contribution in [0.3, 0.4) is 0 Å². The molecule has 4 heteroatoms. The molecule has 1 saturated heterocycles. The van der Waals surface area contributed by atoms with Crippen molar-refractivity contribution in [2.24, 2.45) is 10.7 Å². The van der Waals surface area contributed by atoms with E-state index in [1.807, 2.05) is 18.3 Å². The van der Waals surface area contributed by atoms with Crippen LogP contribution in [0.1, 0.15) is 12.0 Å². The predicted molar refractivity (Wildman–Crippen MR) is 72.7 cm³/mol. The van der Waals surface area contributed by atoms with Crippen molar-refractivity contribution < 1.29 is 4.39 Å². The van der Waals surface area contributed by atoms with Crippen molar-refractivity contribution >= 4 is 11.9 Å². The highest BCUT2D eigenvalue weighted by Crippen LogP contribution is 2.21. The molecule has 1 atom stereocenters. The van der Waals surface area contributed by atoms with Gasteiger partial charge in [-0.2, -0.15) is 0 Å². The molecule has 0 radical (unpaired) electrons. The Bertz CT molecular complexity index is 439. The summed E-state index contributed by atoms with van der Waals surface area (Å²) in [6, 6.07) is 7.45. The second-order valence-corrected chi connectivity index (χ2v) is 4.40. The van der Waals surface area contributed by atoms with E-state index in [0.717, 1.165) is 24.4 Å². The number of hydrogen-bond donors (Lipinski definition) is 1. The zero-order valence-corrected chi connectivity index (χ0v) is 10.3. The van der Waals surface area contributed by atoms with Crippen LogP contribution in [0.15, 0.2) is 41.5 Å². The summed E-state index contributed by atoms with van der Waals surface area (Å²) in [7, 11) is 0. The lowest BCUT2D eigenvalue weighted by Gasteiger charge is -2.41. The number of hydrogen-bond acceptors (Lipinski definition) is 3. The summed E-state index contributed by atoms with van der Waals surface area (Å²) < 4.78 is 12.3. The number of nitrogens with zero attached hydrogens (tertiary/aromatic N) is 2. The van der Waals surface area contributed by atoms with Crippen LogP contribution in [-0.2, 0) is 6.67 Å². The number of aliphatic imine (C=N–C) groups is 1. The maximum atomic E-state index is 12.3. The molecule has 0 aromatic heterocycles. The van der Waals surface area contributed by atoms with Crippen LogP contribution in [0.25, 0.3) is 0 Å². The summed E-state index contributed by atoms with van der Waals surface area (Å²) in [6.45, 7) is 4.96. The van der Waals surface area contributed by atoms with Gasteiger partial charge in [-0.3, -0.25) is 4.99 Å². The Morgan fingerprint density at radius 2 is 2.22 bits per heavy atom. The van der Waals surface area contributed by atoms with Gasteiger partial charge in [0.05, 0.1) is 11.7 Å². The first kappa shape index (κ1) is 12.8. The van der Waals surface area contributed by atoms with Gasteiger partial charge in [0.15, 0.2) is 0 Å². The first-order valence-corrected chi connectivity index (χ1v) is 6.08. The highest BCUT2D eigenvalue weighted by molar-refractivity contribution is 5.70. The number of benzene rings is 1. The smallest absolute Gasteiger partial charge is 0.115 e. The van der Waals surface area contributed by atoms with E-state index < -0.39 is 6.67 Å². The van der Waals surface area contributed by atoms with Crippen molar-refractivity contribution in [3.63, 3.8) is 0 Å². The van der Waals surface area contributed by atoms with Crippen molar-refractivity contribution in [2.45, 2.75) is 19.1 Å². The summed E-state index contributed by atoms with van der Waals surface area (Å²) >= 11 is 0. The molecule has 0 amide bonds. The largest absolute Gasteiger partial charge is 0.366 e. The molecular weight excluding hydrogens is 229 g/mol. The third-order valence-electron chi connectivity index (χ3n) is 3.19. The summed E-state index contributed by atoms with van der Waals surface area (Å²) in [6.07, 6.45) is 2.99. The first-order chi connectivity index (χ1) is 8.74. The quantitative estimate of drug-likeness (QED) is 0.812. The second kappa shape index (κ2) is 5.78. The minimum atomic E-state index is -0.434. The van der Waals surface area contributed by atoms with E-state index in [1.165, 1.54) is 0 Å². The SMILES string of the molecule is C=C(CN)N1CCC1C=Nc1ccc(CF)cc1. The van der Waals surface area contributed by atoms with E-state index in [0.29, 0.717) is 18.2 Å². The second-order valence-electron chi connectivity index (χ2n) is 4.40. The average molecular weight is 247 g/mol. The van der Waals surface area contributed by atoms with Gasteiger partial charge in [0.2, 0.25) is 0 Å². The van der Waals surface area contributed by atoms with Crippen molar-refractivity contribution in [1.82, 2.24) is 4.90 Å². The van der Waals surface area contributed by atoms with Gasteiger partial charge in [-0.1, -0.05) is 18.7 Å². The monoisotopic (exact) mass is 247 g/mol. The van der Waals surface area contributed by atoms with E-state index in [2.05, 4.69) is 16.5 Å². The van der Waals surface area contributed by atoms with Crippen LogP contribution in [0.2, 0.25) is 0 Å². The maximum Gasteiger partial charge on any atom is 0.115 e. The van der Waals surface area contributed by atoms with Crippen molar-refractivity contribution in [1.29, 1.82) is 0 Å². The molecule has 1 unspecified atom stereocenters. The van der Waals surface area contributed by atoms with Crippen LogP contribution in [0, 0.1) is 0 Å². The summed E-state index contributed by atoms with van der Waals surface area (Å²) in [5, 5.41) is 0. The van der Waals surface area contributed by atoms with Gasteiger partial charge in [0.1, 0.15) is 6.67 Å². The van der Waals surface area contributed by atoms with Gasteiger partial charge >= 0.3 is 0 Å². The van der Waals surface area contributed by atoms with Crippen LogP contribution in [0.5, 0.6) is 0 Å². The van der Waals surface area contributed by atoms with Gasteiger partial charge < -0.3 is 10.6 Å².